The number of fused-ring (bicyclic) bond motifs is 2. The van der Waals surface area contributed by atoms with Gasteiger partial charge >= 0.3 is 7.59 Å². The fourth-order valence-corrected chi connectivity index (χ4v) is 9.31. The third-order valence-electron chi connectivity index (χ3n) is 9.51. The van der Waals surface area contributed by atoms with Gasteiger partial charge < -0.3 is 9.99 Å². The zero-order valence-corrected chi connectivity index (χ0v) is 27.0. The number of amides is 1. The fourth-order valence-electron chi connectivity index (χ4n) is 6.78. The smallest absolute Gasteiger partial charge is 0.309 e. The van der Waals surface area contributed by atoms with Crippen molar-refractivity contribution >= 4 is 40.7 Å². The van der Waals surface area contributed by atoms with Gasteiger partial charge in [0.1, 0.15) is 0 Å². The van der Waals surface area contributed by atoms with Gasteiger partial charge in [0.2, 0.25) is 5.91 Å². The molecule has 2 aliphatic heterocycles. The maximum absolute atomic E-state index is 15.3. The summed E-state index contributed by atoms with van der Waals surface area (Å²) in [5.74, 6) is 0.103. The summed E-state index contributed by atoms with van der Waals surface area (Å²) in [6, 6.07) is 37.3. The lowest BCUT2D eigenvalue weighted by Gasteiger charge is -2.32. The Bertz CT molecular complexity index is 1820. The number of anilines is 1. The third-order valence-corrected chi connectivity index (χ3v) is 12.3. The van der Waals surface area contributed by atoms with Gasteiger partial charge in [-0.1, -0.05) is 97.1 Å². The van der Waals surface area contributed by atoms with E-state index in [4.69, 9.17) is 0 Å². The molecule has 0 aliphatic carbocycles. The monoisotopic (exact) mass is 617 g/mol. The first-order valence-electron chi connectivity index (χ1n) is 15.7. The van der Waals surface area contributed by atoms with Gasteiger partial charge in [0, 0.05) is 38.9 Å². The lowest BCUT2D eigenvalue weighted by Crippen LogP contribution is -2.45. The second-order valence-electron chi connectivity index (χ2n) is 12.8. The van der Waals surface area contributed by atoms with E-state index in [1.54, 1.807) is 4.90 Å². The zero-order chi connectivity index (χ0) is 31.2. The molecule has 7 rings (SSSR count). The van der Waals surface area contributed by atoms with Crippen LogP contribution in [0.25, 0.3) is 21.5 Å². The lowest BCUT2D eigenvalue weighted by atomic mass is 10.0. The molecule has 0 saturated carbocycles. The molecular formula is C37H40N5O2P. The summed E-state index contributed by atoms with van der Waals surface area (Å²) >= 11 is 0. The molecule has 45 heavy (non-hydrogen) atoms. The van der Waals surface area contributed by atoms with Crippen LogP contribution in [0.2, 0.25) is 0 Å². The highest BCUT2D eigenvalue weighted by atomic mass is 31.2. The standard InChI is InChI=1S/C37H40N5O2P/c1-37(2)38-35(36(43)40(37)3)24-27-18-20-32(21-19-27)39-45(44)41(25-30-14-8-12-28-10-4-6-16-33(28)30)22-23-42(45)26-31-15-9-13-29-11-5-7-17-34(29)31/h4-21,35,38H,22-26H2,1-3H3,(H,39,44)/t35-/m0/s1. The number of rotatable bonds is 8. The molecule has 7 nitrogen and oxygen atoms in total. The molecule has 0 radical (unpaired) electrons. The lowest BCUT2D eigenvalue weighted by molar-refractivity contribution is -0.129. The number of benzene rings is 5. The van der Waals surface area contributed by atoms with E-state index in [2.05, 4.69) is 105 Å². The highest BCUT2D eigenvalue weighted by Gasteiger charge is 2.44. The normalized spacial score (nSPS) is 19.9. The molecule has 0 aromatic heterocycles. The molecule has 0 bridgehead atoms. The van der Waals surface area contributed by atoms with E-state index in [1.165, 1.54) is 32.7 Å². The zero-order valence-electron chi connectivity index (χ0n) is 26.1. The Kier molecular flexibility index (Phi) is 7.74. The molecular weight excluding hydrogens is 577 g/mol. The number of likely N-dealkylation sites (N-methyl/N-ethyl adjacent to an activating group) is 1. The van der Waals surface area contributed by atoms with Crippen molar-refractivity contribution in [2.45, 2.75) is 45.1 Å². The summed E-state index contributed by atoms with van der Waals surface area (Å²) in [4.78, 5) is 14.6. The van der Waals surface area contributed by atoms with Crippen molar-refractivity contribution in [1.29, 1.82) is 0 Å². The van der Waals surface area contributed by atoms with Crippen LogP contribution in [-0.2, 0) is 28.9 Å². The van der Waals surface area contributed by atoms with E-state index < -0.39 is 7.59 Å². The van der Waals surface area contributed by atoms with Gasteiger partial charge in [-0.3, -0.25) is 14.7 Å². The van der Waals surface area contributed by atoms with E-state index >= 15 is 4.57 Å². The Hall–Kier alpha value is -4.00. The maximum Gasteiger partial charge on any atom is 0.309 e. The molecule has 5 aromatic rings. The summed E-state index contributed by atoms with van der Waals surface area (Å²) in [5.41, 5.74) is 3.82. The first-order chi connectivity index (χ1) is 21.7. The summed E-state index contributed by atoms with van der Waals surface area (Å²) in [7, 11) is -1.39. The summed E-state index contributed by atoms with van der Waals surface area (Å²) in [5, 5.41) is 11.7. The topological polar surface area (TPSA) is 67.9 Å². The Morgan fingerprint density at radius 2 is 1.27 bits per heavy atom. The predicted molar refractivity (Wildman–Crippen MR) is 184 cm³/mol. The largest absolute Gasteiger partial charge is 0.327 e. The number of nitrogens with zero attached hydrogens (tertiary/aromatic N) is 3. The highest BCUT2D eigenvalue weighted by Crippen LogP contribution is 2.58. The first kappa shape index (κ1) is 29.7. The molecule has 1 amide bonds. The van der Waals surface area contributed by atoms with Crippen molar-refractivity contribution < 1.29 is 9.36 Å². The molecule has 1 atom stereocenters. The van der Waals surface area contributed by atoms with Crippen LogP contribution in [0.3, 0.4) is 0 Å². The maximum atomic E-state index is 15.3. The number of hydrogen-bond acceptors (Lipinski definition) is 3. The highest BCUT2D eigenvalue weighted by molar-refractivity contribution is 7.60. The minimum Gasteiger partial charge on any atom is -0.327 e. The van der Waals surface area contributed by atoms with Gasteiger partial charge in [0.15, 0.2) is 0 Å². The quantitative estimate of drug-likeness (QED) is 0.179. The van der Waals surface area contributed by atoms with E-state index in [1.807, 2.05) is 45.2 Å². The van der Waals surface area contributed by atoms with Gasteiger partial charge in [-0.2, -0.15) is 0 Å². The minimum absolute atomic E-state index is 0.103. The van der Waals surface area contributed by atoms with Crippen molar-refractivity contribution in [3.05, 3.63) is 126 Å². The van der Waals surface area contributed by atoms with Crippen molar-refractivity contribution in [2.75, 3.05) is 25.2 Å². The number of nitrogens with one attached hydrogen (secondary N) is 2. The SMILES string of the molecule is CN1C(=O)[C@H](Cc2ccc(NP3(=O)N(Cc4cccc5ccccc45)CCN3Cc3cccc4ccccc34)cc2)NC1(C)C. The third kappa shape index (κ3) is 5.66. The second kappa shape index (κ2) is 11.7. The average Bonchev–Trinajstić information content (AvgIpc) is 3.44. The molecule has 8 heteroatoms. The summed E-state index contributed by atoms with van der Waals surface area (Å²) in [6.45, 7) is 6.57. The Morgan fingerprint density at radius 3 is 1.78 bits per heavy atom. The van der Waals surface area contributed by atoms with Gasteiger partial charge in [-0.05, 0) is 70.6 Å². The van der Waals surface area contributed by atoms with Crippen LogP contribution < -0.4 is 10.4 Å². The first-order valence-corrected chi connectivity index (χ1v) is 17.3. The van der Waals surface area contributed by atoms with Crippen molar-refractivity contribution in [3.8, 4) is 0 Å². The number of hydrogen-bond donors (Lipinski definition) is 2. The Morgan fingerprint density at radius 1 is 0.756 bits per heavy atom. The van der Waals surface area contributed by atoms with Crippen LogP contribution in [-0.4, -0.2) is 52.0 Å². The summed E-state index contributed by atoms with van der Waals surface area (Å²) < 4.78 is 19.6. The van der Waals surface area contributed by atoms with Crippen molar-refractivity contribution in [1.82, 2.24) is 19.6 Å². The van der Waals surface area contributed by atoms with E-state index in [-0.39, 0.29) is 17.6 Å². The Balaban J connectivity index is 1.18. The van der Waals surface area contributed by atoms with Gasteiger partial charge in [0.25, 0.3) is 0 Å². The Labute approximate surface area is 265 Å². The number of carbonyl (C=O) groups excluding carboxylic acids is 1. The predicted octanol–water partition coefficient (Wildman–Crippen LogP) is 7.24. The van der Waals surface area contributed by atoms with E-state index in [0.717, 1.165) is 11.3 Å². The van der Waals surface area contributed by atoms with Gasteiger partial charge in [-0.25, -0.2) is 9.34 Å². The molecule has 2 heterocycles. The average molecular weight is 618 g/mol. The molecule has 0 unspecified atom stereocenters. The summed E-state index contributed by atoms with van der Waals surface area (Å²) in [6.07, 6.45) is 0.602. The van der Waals surface area contributed by atoms with Crippen LogP contribution in [0.4, 0.5) is 5.69 Å². The minimum atomic E-state index is -3.24. The second-order valence-corrected chi connectivity index (χ2v) is 15.2. The van der Waals surface area contributed by atoms with Crippen molar-refractivity contribution in [3.63, 3.8) is 0 Å². The molecule has 2 N–H and O–H groups in total. The van der Waals surface area contributed by atoms with Crippen LogP contribution >= 0.6 is 7.59 Å². The van der Waals surface area contributed by atoms with Crippen LogP contribution in [0, 0.1) is 0 Å². The molecule has 2 fully saturated rings. The molecule has 230 valence electrons. The molecule has 0 spiro atoms. The van der Waals surface area contributed by atoms with Crippen LogP contribution in [0.1, 0.15) is 30.5 Å². The van der Waals surface area contributed by atoms with Gasteiger partial charge in [0.05, 0.1) is 11.7 Å². The molecule has 2 saturated heterocycles. The number of carbonyl (C=O) groups is 1. The van der Waals surface area contributed by atoms with Crippen molar-refractivity contribution in [2.24, 2.45) is 0 Å². The van der Waals surface area contributed by atoms with E-state index in [0.29, 0.717) is 32.6 Å². The molecule has 2 aliphatic rings. The van der Waals surface area contributed by atoms with Crippen LogP contribution in [0.5, 0.6) is 0 Å². The molecule has 5 aromatic carbocycles. The van der Waals surface area contributed by atoms with Gasteiger partial charge in [-0.15, -0.1) is 0 Å². The van der Waals surface area contributed by atoms with Crippen LogP contribution in [0.15, 0.2) is 109 Å². The van der Waals surface area contributed by atoms with E-state index in [9.17, 15) is 4.79 Å². The fraction of sp³-hybridized carbons (Fsp3) is 0.270.